The molecule has 4 rings (SSSR count). The van der Waals surface area contributed by atoms with Crippen molar-refractivity contribution in [3.63, 3.8) is 0 Å². The molecule has 100 valence electrons. The fourth-order valence-corrected chi connectivity index (χ4v) is 2.00. The molecule has 20 heavy (non-hydrogen) atoms. The van der Waals surface area contributed by atoms with Gasteiger partial charge in [0.25, 0.3) is 0 Å². The standard InChI is InChI=1S/C13H12N6O/c20-13(9-1-5-11(6-2-9)18-14-15-18)10-3-7-12(8-4-10)19-16-17-19/h1-8,14-17H. The molecule has 2 heterocycles. The third kappa shape index (κ3) is 1.91. The highest BCUT2D eigenvalue weighted by Gasteiger charge is 2.10. The highest BCUT2D eigenvalue weighted by molar-refractivity contribution is 6.09. The Bertz CT molecular complexity index is 727. The fourth-order valence-electron chi connectivity index (χ4n) is 2.00. The van der Waals surface area contributed by atoms with E-state index in [-0.39, 0.29) is 5.78 Å². The van der Waals surface area contributed by atoms with Gasteiger partial charge in [-0.05, 0) is 48.5 Å². The molecule has 7 nitrogen and oxygen atoms in total. The number of carbonyl (C=O) groups is 1. The maximum absolute atomic E-state index is 12.4. The molecule has 0 aliphatic rings. The van der Waals surface area contributed by atoms with Crippen LogP contribution < -0.4 is 0 Å². The first-order chi connectivity index (χ1) is 9.81. The van der Waals surface area contributed by atoms with E-state index < -0.39 is 0 Å². The smallest absolute Gasteiger partial charge is 0.193 e. The maximum Gasteiger partial charge on any atom is 0.193 e. The van der Waals surface area contributed by atoms with E-state index in [9.17, 15) is 4.79 Å². The molecule has 0 aliphatic carbocycles. The third-order valence-electron chi connectivity index (χ3n) is 3.22. The summed E-state index contributed by atoms with van der Waals surface area (Å²) in [5, 5.41) is 11.3. The minimum absolute atomic E-state index is 0.0153. The fraction of sp³-hybridized carbons (Fsp3) is 0. The molecule has 0 spiro atoms. The molecular weight excluding hydrogens is 256 g/mol. The summed E-state index contributed by atoms with van der Waals surface area (Å²) in [6, 6.07) is 14.8. The van der Waals surface area contributed by atoms with E-state index in [0.717, 1.165) is 11.4 Å². The van der Waals surface area contributed by atoms with Crippen molar-refractivity contribution in [3.8, 4) is 11.4 Å². The molecule has 0 bridgehead atoms. The molecule has 0 amide bonds. The third-order valence-corrected chi connectivity index (χ3v) is 3.22. The lowest BCUT2D eigenvalue weighted by molar-refractivity contribution is 0.103. The molecule has 7 heteroatoms. The highest BCUT2D eigenvalue weighted by Crippen LogP contribution is 2.15. The van der Waals surface area contributed by atoms with Gasteiger partial charge in [-0.1, -0.05) is 0 Å². The number of H-pyrrole nitrogens is 4. The van der Waals surface area contributed by atoms with Crippen molar-refractivity contribution >= 4 is 5.78 Å². The minimum Gasteiger partial charge on any atom is -0.289 e. The van der Waals surface area contributed by atoms with Gasteiger partial charge in [0, 0.05) is 11.1 Å². The second kappa shape index (κ2) is 3.95. The van der Waals surface area contributed by atoms with Gasteiger partial charge in [0.15, 0.2) is 5.78 Å². The largest absolute Gasteiger partial charge is 0.289 e. The second-order valence-corrected chi connectivity index (χ2v) is 4.54. The number of hydrogen-bond donors (Lipinski definition) is 4. The number of carbonyl (C=O) groups excluding carboxylic acids is 1. The summed E-state index contributed by atoms with van der Waals surface area (Å²) in [6.07, 6.45) is 0. The van der Waals surface area contributed by atoms with Gasteiger partial charge in [-0.25, -0.2) is 20.9 Å². The predicted molar refractivity (Wildman–Crippen MR) is 72.4 cm³/mol. The van der Waals surface area contributed by atoms with E-state index in [4.69, 9.17) is 0 Å². The Balaban J connectivity index is 1.59. The summed E-state index contributed by atoms with van der Waals surface area (Å²) in [5.41, 5.74) is 3.28. The van der Waals surface area contributed by atoms with Crippen LogP contribution in [0.15, 0.2) is 48.5 Å². The summed E-state index contributed by atoms with van der Waals surface area (Å²) >= 11 is 0. The van der Waals surface area contributed by atoms with Gasteiger partial charge in [0.05, 0.1) is 11.4 Å². The van der Waals surface area contributed by atoms with Crippen LogP contribution in [0.5, 0.6) is 0 Å². The van der Waals surface area contributed by atoms with Crippen molar-refractivity contribution < 1.29 is 4.79 Å². The minimum atomic E-state index is 0.0153. The molecule has 0 saturated heterocycles. The monoisotopic (exact) mass is 268 g/mol. The zero-order chi connectivity index (χ0) is 13.5. The molecule has 0 unspecified atom stereocenters. The van der Waals surface area contributed by atoms with Gasteiger partial charge in [-0.3, -0.25) is 4.79 Å². The summed E-state index contributed by atoms with van der Waals surface area (Å²) in [4.78, 5) is 15.9. The highest BCUT2D eigenvalue weighted by atomic mass is 16.1. The van der Waals surface area contributed by atoms with Gasteiger partial charge in [0.2, 0.25) is 0 Å². The first kappa shape index (κ1) is 10.8. The van der Waals surface area contributed by atoms with Gasteiger partial charge in [-0.2, -0.15) is 9.59 Å². The number of aromatic nitrogens is 6. The van der Waals surface area contributed by atoms with Crippen molar-refractivity contribution in [3.05, 3.63) is 59.7 Å². The maximum atomic E-state index is 12.4. The summed E-state index contributed by atoms with van der Waals surface area (Å²) < 4.78 is 0. The van der Waals surface area contributed by atoms with Gasteiger partial charge >= 0.3 is 0 Å². The quantitative estimate of drug-likeness (QED) is 0.418. The number of aromatic amines is 4. The number of benzene rings is 2. The Labute approximate surface area is 113 Å². The van der Waals surface area contributed by atoms with E-state index >= 15 is 0 Å². The van der Waals surface area contributed by atoms with E-state index in [1.54, 1.807) is 9.59 Å². The van der Waals surface area contributed by atoms with Crippen LogP contribution in [0.25, 0.3) is 11.4 Å². The Morgan fingerprint density at radius 1 is 0.650 bits per heavy atom. The molecule has 0 aliphatic heterocycles. The first-order valence-electron chi connectivity index (χ1n) is 6.19. The van der Waals surface area contributed by atoms with E-state index in [1.165, 1.54) is 0 Å². The van der Waals surface area contributed by atoms with Crippen molar-refractivity contribution in [2.24, 2.45) is 0 Å². The summed E-state index contributed by atoms with van der Waals surface area (Å²) in [7, 11) is 0. The van der Waals surface area contributed by atoms with Crippen molar-refractivity contribution in [1.29, 1.82) is 0 Å². The van der Waals surface area contributed by atoms with Crippen LogP contribution in [0.3, 0.4) is 0 Å². The molecule has 2 aromatic heterocycles. The average molecular weight is 268 g/mol. The lowest BCUT2D eigenvalue weighted by Gasteiger charge is -2.02. The van der Waals surface area contributed by atoms with Crippen molar-refractivity contribution in [1.82, 2.24) is 30.4 Å². The predicted octanol–water partition coefficient (Wildman–Crippen LogP) is 1.81. The zero-order valence-corrected chi connectivity index (χ0v) is 10.4. The Morgan fingerprint density at radius 2 is 1.00 bits per heavy atom. The lowest BCUT2D eigenvalue weighted by Crippen LogP contribution is -2.01. The molecular formula is C13H12N6O. The molecule has 0 fully saturated rings. The zero-order valence-electron chi connectivity index (χ0n) is 10.4. The summed E-state index contributed by atoms with van der Waals surface area (Å²) in [6.45, 7) is 0. The second-order valence-electron chi connectivity index (χ2n) is 4.54. The first-order valence-corrected chi connectivity index (χ1v) is 6.19. The van der Waals surface area contributed by atoms with Crippen molar-refractivity contribution in [2.45, 2.75) is 0 Å². The van der Waals surface area contributed by atoms with Crippen molar-refractivity contribution in [2.75, 3.05) is 0 Å². The molecule has 4 aromatic rings. The number of rotatable bonds is 4. The van der Waals surface area contributed by atoms with Crippen LogP contribution in [0.2, 0.25) is 0 Å². The topological polar surface area (TPSA) is 90.1 Å². The number of hydrogen-bond acceptors (Lipinski definition) is 1. The SMILES string of the molecule is O=C(c1ccc(-n2[nH][nH]2)cc1)c1ccc(-n2[nH][nH]2)cc1. The van der Waals surface area contributed by atoms with Crippen LogP contribution in [0.4, 0.5) is 0 Å². The Morgan fingerprint density at radius 3 is 1.30 bits per heavy atom. The van der Waals surface area contributed by atoms with Crippen LogP contribution in [0.1, 0.15) is 15.9 Å². The molecule has 0 atom stereocenters. The van der Waals surface area contributed by atoms with Gasteiger partial charge in [0.1, 0.15) is 0 Å². The number of nitrogens with zero attached hydrogens (tertiary/aromatic N) is 2. The normalized spacial score (nSPS) is 11.2. The van der Waals surface area contributed by atoms with E-state index in [0.29, 0.717) is 11.1 Å². The summed E-state index contributed by atoms with van der Waals surface area (Å²) in [5.74, 6) is 0.0153. The number of ketones is 1. The Hall–Kier alpha value is -3.09. The van der Waals surface area contributed by atoms with Gasteiger partial charge in [-0.15, -0.1) is 0 Å². The average Bonchev–Trinajstić information content (AvgIpc) is 3.40. The lowest BCUT2D eigenvalue weighted by atomic mass is 10.0. The Kier molecular flexibility index (Phi) is 2.13. The van der Waals surface area contributed by atoms with Crippen LogP contribution >= 0.6 is 0 Å². The van der Waals surface area contributed by atoms with E-state index in [2.05, 4.69) is 20.9 Å². The van der Waals surface area contributed by atoms with Crippen LogP contribution in [-0.4, -0.2) is 36.2 Å². The van der Waals surface area contributed by atoms with Crippen LogP contribution in [0, 0.1) is 0 Å². The number of nitrogens with one attached hydrogen (secondary N) is 4. The molecule has 0 saturated carbocycles. The van der Waals surface area contributed by atoms with E-state index in [1.807, 2.05) is 48.5 Å². The molecule has 0 radical (unpaired) electrons. The van der Waals surface area contributed by atoms with Gasteiger partial charge < -0.3 is 0 Å². The molecule has 2 aromatic carbocycles. The molecule has 4 N–H and O–H groups in total. The van der Waals surface area contributed by atoms with Crippen LogP contribution in [-0.2, 0) is 0 Å².